The van der Waals surface area contributed by atoms with Gasteiger partial charge >= 0.3 is 0 Å². The first-order valence-electron chi connectivity index (χ1n) is 10.8. The first kappa shape index (κ1) is 22.7. The predicted octanol–water partition coefficient (Wildman–Crippen LogP) is 3.78. The van der Waals surface area contributed by atoms with Crippen molar-refractivity contribution < 1.29 is 19.1 Å². The molecule has 1 aliphatic rings. The number of methoxy groups -OCH3 is 2. The number of likely N-dealkylation sites (tertiary alicyclic amines) is 1. The second kappa shape index (κ2) is 10.3. The molecule has 0 unspecified atom stereocenters. The first-order valence-corrected chi connectivity index (χ1v) is 10.8. The molecule has 2 aromatic carbocycles. The maximum absolute atomic E-state index is 13.3. The molecule has 1 heterocycles. The summed E-state index contributed by atoms with van der Waals surface area (Å²) in [5.41, 5.74) is 2.49. The predicted molar refractivity (Wildman–Crippen MR) is 121 cm³/mol. The van der Waals surface area contributed by atoms with Crippen LogP contribution in [-0.2, 0) is 4.79 Å². The van der Waals surface area contributed by atoms with Crippen LogP contribution in [0.3, 0.4) is 0 Å². The molecule has 0 spiro atoms. The van der Waals surface area contributed by atoms with Crippen molar-refractivity contribution in [1.82, 2.24) is 10.2 Å². The zero-order valence-corrected chi connectivity index (χ0v) is 18.8. The minimum Gasteiger partial charge on any atom is -0.493 e. The lowest BCUT2D eigenvalue weighted by Crippen LogP contribution is -2.36. The van der Waals surface area contributed by atoms with Crippen LogP contribution < -0.4 is 14.8 Å². The number of hydrogen-bond donors (Lipinski definition) is 1. The third-order valence-corrected chi connectivity index (χ3v) is 5.98. The van der Waals surface area contributed by atoms with Gasteiger partial charge in [0.05, 0.1) is 20.1 Å². The molecule has 2 amide bonds. The Bertz CT molecular complexity index is 927. The number of benzene rings is 2. The van der Waals surface area contributed by atoms with Gasteiger partial charge in [0.25, 0.3) is 5.91 Å². The number of nitrogens with zero attached hydrogens (tertiary/aromatic N) is 1. The topological polar surface area (TPSA) is 67.9 Å². The van der Waals surface area contributed by atoms with Crippen molar-refractivity contribution in [2.24, 2.45) is 5.92 Å². The van der Waals surface area contributed by atoms with Gasteiger partial charge in [-0.25, -0.2) is 0 Å². The quantitative estimate of drug-likeness (QED) is 0.655. The molecule has 6 nitrogen and oxygen atoms in total. The fourth-order valence-electron chi connectivity index (χ4n) is 4.26. The van der Waals surface area contributed by atoms with Crippen LogP contribution in [-0.4, -0.2) is 50.6 Å². The normalized spacial score (nSPS) is 18.0. The molecule has 1 N–H and O–H groups in total. The largest absolute Gasteiger partial charge is 0.493 e. The Morgan fingerprint density at radius 3 is 2.52 bits per heavy atom. The summed E-state index contributed by atoms with van der Waals surface area (Å²) < 4.78 is 11.1. The minimum absolute atomic E-state index is 0.0246. The van der Waals surface area contributed by atoms with Gasteiger partial charge in [0, 0.05) is 36.7 Å². The van der Waals surface area contributed by atoms with Gasteiger partial charge in [-0.3, -0.25) is 9.59 Å². The van der Waals surface area contributed by atoms with Crippen molar-refractivity contribution in [2.75, 3.05) is 33.9 Å². The summed E-state index contributed by atoms with van der Waals surface area (Å²) in [6, 6.07) is 13.3. The third-order valence-electron chi connectivity index (χ3n) is 5.98. The number of hydrogen-bond acceptors (Lipinski definition) is 4. The molecule has 2 aromatic rings. The average molecular weight is 425 g/mol. The molecule has 3 rings (SSSR count). The molecule has 166 valence electrons. The number of carbonyl (C=O) groups excluding carboxylic acids is 2. The van der Waals surface area contributed by atoms with Crippen LogP contribution in [0.5, 0.6) is 11.5 Å². The molecule has 2 atom stereocenters. The molecule has 1 saturated heterocycles. The van der Waals surface area contributed by atoms with Crippen LogP contribution in [0.1, 0.15) is 47.2 Å². The van der Waals surface area contributed by atoms with Gasteiger partial charge in [0.1, 0.15) is 0 Å². The van der Waals surface area contributed by atoms with Gasteiger partial charge in [0.2, 0.25) is 5.91 Å². The van der Waals surface area contributed by atoms with E-state index in [0.717, 1.165) is 24.0 Å². The molecule has 0 aliphatic carbocycles. The maximum atomic E-state index is 13.3. The van der Waals surface area contributed by atoms with Crippen LogP contribution in [0, 0.1) is 12.8 Å². The van der Waals surface area contributed by atoms with E-state index < -0.39 is 0 Å². The van der Waals surface area contributed by atoms with Crippen molar-refractivity contribution in [3.8, 4) is 11.5 Å². The Morgan fingerprint density at radius 1 is 1.06 bits per heavy atom. The molecule has 0 saturated carbocycles. The molecule has 0 bridgehead atoms. The molecule has 6 heteroatoms. The fraction of sp³-hybridized carbons (Fsp3) is 0.440. The Morgan fingerprint density at radius 2 is 1.84 bits per heavy atom. The highest BCUT2D eigenvalue weighted by Crippen LogP contribution is 2.42. The Kier molecular flexibility index (Phi) is 7.55. The number of unbranched alkanes of at least 4 members (excludes halogenated alkanes) is 1. The zero-order valence-electron chi connectivity index (χ0n) is 18.8. The lowest BCUT2D eigenvalue weighted by atomic mass is 9.87. The summed E-state index contributed by atoms with van der Waals surface area (Å²) >= 11 is 0. The molecule has 0 aromatic heterocycles. The van der Waals surface area contributed by atoms with E-state index in [4.69, 9.17) is 9.47 Å². The summed E-state index contributed by atoms with van der Waals surface area (Å²) in [5, 5.41) is 3.05. The van der Waals surface area contributed by atoms with Crippen LogP contribution in [0.4, 0.5) is 0 Å². The SMILES string of the molecule is CCCCNC(=O)[C@@H]1CN(C(=O)c2ccccc2C)C[C@@H]1c1cccc(OC)c1OC. The lowest BCUT2D eigenvalue weighted by Gasteiger charge is -2.21. The van der Waals surface area contributed by atoms with Crippen molar-refractivity contribution in [3.63, 3.8) is 0 Å². The highest BCUT2D eigenvalue weighted by atomic mass is 16.5. The summed E-state index contributed by atoms with van der Waals surface area (Å²) in [4.78, 5) is 28.2. The second-order valence-corrected chi connectivity index (χ2v) is 7.97. The van der Waals surface area contributed by atoms with E-state index in [9.17, 15) is 9.59 Å². The van der Waals surface area contributed by atoms with E-state index in [0.29, 0.717) is 36.7 Å². The molecule has 0 radical (unpaired) electrons. The second-order valence-electron chi connectivity index (χ2n) is 7.97. The summed E-state index contributed by atoms with van der Waals surface area (Å²) in [7, 11) is 3.20. The number of ether oxygens (including phenoxy) is 2. The number of rotatable bonds is 8. The first-order chi connectivity index (χ1) is 15.0. The van der Waals surface area contributed by atoms with E-state index in [1.165, 1.54) is 0 Å². The number of amides is 2. The van der Waals surface area contributed by atoms with Gasteiger partial charge in [-0.1, -0.05) is 43.7 Å². The van der Waals surface area contributed by atoms with E-state index in [2.05, 4.69) is 12.2 Å². The van der Waals surface area contributed by atoms with Gasteiger partial charge in [0.15, 0.2) is 11.5 Å². The van der Waals surface area contributed by atoms with Crippen molar-refractivity contribution in [3.05, 3.63) is 59.2 Å². The van der Waals surface area contributed by atoms with Gasteiger partial charge < -0.3 is 19.7 Å². The van der Waals surface area contributed by atoms with Crippen LogP contribution >= 0.6 is 0 Å². The summed E-state index contributed by atoms with van der Waals surface area (Å²) in [6.07, 6.45) is 1.94. The van der Waals surface area contributed by atoms with E-state index >= 15 is 0 Å². The standard InChI is InChI=1S/C25H32N2O4/c1-5-6-14-26-24(28)21-16-27(25(29)18-11-8-7-10-17(18)2)15-20(21)19-12-9-13-22(30-3)23(19)31-4/h7-13,20-21H,5-6,14-16H2,1-4H3,(H,26,28)/t20-,21-/m1/s1. The highest BCUT2D eigenvalue weighted by Gasteiger charge is 2.42. The van der Waals surface area contributed by atoms with E-state index in [-0.39, 0.29) is 23.7 Å². The van der Waals surface area contributed by atoms with Gasteiger partial charge in [-0.15, -0.1) is 0 Å². The van der Waals surface area contributed by atoms with E-state index in [1.54, 1.807) is 19.1 Å². The lowest BCUT2D eigenvalue weighted by molar-refractivity contribution is -0.124. The maximum Gasteiger partial charge on any atom is 0.254 e. The molecule has 1 aliphatic heterocycles. The minimum atomic E-state index is -0.356. The number of carbonyl (C=O) groups is 2. The Hall–Kier alpha value is -3.02. The molecular formula is C25H32N2O4. The van der Waals surface area contributed by atoms with Gasteiger partial charge in [-0.2, -0.15) is 0 Å². The smallest absolute Gasteiger partial charge is 0.254 e. The average Bonchev–Trinajstić information content (AvgIpc) is 3.24. The van der Waals surface area contributed by atoms with Crippen molar-refractivity contribution in [1.29, 1.82) is 0 Å². The molecule has 31 heavy (non-hydrogen) atoms. The van der Waals surface area contributed by atoms with Gasteiger partial charge in [-0.05, 0) is 31.0 Å². The fourth-order valence-corrected chi connectivity index (χ4v) is 4.26. The van der Waals surface area contributed by atoms with E-state index in [1.807, 2.05) is 49.4 Å². The summed E-state index contributed by atoms with van der Waals surface area (Å²) in [5.74, 6) is 0.628. The van der Waals surface area contributed by atoms with Crippen molar-refractivity contribution >= 4 is 11.8 Å². The zero-order chi connectivity index (χ0) is 22.4. The monoisotopic (exact) mass is 424 g/mol. The van der Waals surface area contributed by atoms with Crippen LogP contribution in [0.25, 0.3) is 0 Å². The number of aryl methyl sites for hydroxylation is 1. The number of nitrogens with one attached hydrogen (secondary N) is 1. The van der Waals surface area contributed by atoms with Crippen molar-refractivity contribution in [2.45, 2.75) is 32.6 Å². The highest BCUT2D eigenvalue weighted by molar-refractivity contribution is 5.96. The molecule has 1 fully saturated rings. The Labute approximate surface area is 184 Å². The third kappa shape index (κ3) is 4.84. The van der Waals surface area contributed by atoms with Crippen LogP contribution in [0.15, 0.2) is 42.5 Å². The van der Waals surface area contributed by atoms with Crippen LogP contribution in [0.2, 0.25) is 0 Å². The Balaban J connectivity index is 1.94. The molecular weight excluding hydrogens is 392 g/mol. The number of para-hydroxylation sites is 1. The summed E-state index contributed by atoms with van der Waals surface area (Å²) in [6.45, 7) is 5.48.